The predicted molar refractivity (Wildman–Crippen MR) is 101 cm³/mol. The summed E-state index contributed by atoms with van der Waals surface area (Å²) in [6.45, 7) is 6.42. The lowest BCUT2D eigenvalue weighted by molar-refractivity contribution is -0.137. The molecule has 0 heterocycles. The summed E-state index contributed by atoms with van der Waals surface area (Å²) in [5, 5.41) is 38.3. The van der Waals surface area contributed by atoms with E-state index in [1.807, 2.05) is 6.92 Å². The Morgan fingerprint density at radius 1 is 0.750 bits per heavy atom. The van der Waals surface area contributed by atoms with Gasteiger partial charge in [0.15, 0.2) is 6.29 Å². The van der Waals surface area contributed by atoms with E-state index in [9.17, 15) is 14.4 Å². The van der Waals surface area contributed by atoms with Gasteiger partial charge in [0.1, 0.15) is 0 Å². The van der Waals surface area contributed by atoms with Crippen molar-refractivity contribution in [1.82, 2.24) is 0 Å². The van der Waals surface area contributed by atoms with Crippen LogP contribution >= 0.6 is 37.9 Å². The number of carboxylic acids is 3. The molecule has 146 valence electrons. The van der Waals surface area contributed by atoms with Gasteiger partial charge in [-0.15, -0.1) is 0 Å². The first-order valence-electron chi connectivity index (χ1n) is 6.79. The number of thiol groups is 3. The van der Waals surface area contributed by atoms with Crippen molar-refractivity contribution in [3.63, 3.8) is 0 Å². The topological polar surface area (TPSA) is 152 Å². The fraction of sp³-hybridized carbons (Fsp3) is 0.769. The quantitative estimate of drug-likeness (QED) is 0.250. The van der Waals surface area contributed by atoms with Gasteiger partial charge in [-0.2, -0.15) is 37.9 Å². The van der Waals surface area contributed by atoms with Crippen LogP contribution in [0.4, 0.5) is 0 Å². The molecule has 3 atom stereocenters. The third-order valence-corrected chi connectivity index (χ3v) is 2.28. The molecule has 8 nitrogen and oxygen atoms in total. The Kier molecular flexibility index (Phi) is 26.5. The van der Waals surface area contributed by atoms with Crippen LogP contribution in [0.15, 0.2) is 0 Å². The molecule has 0 radical (unpaired) electrons. The Hall–Kier alpha value is -0.620. The zero-order valence-corrected chi connectivity index (χ0v) is 16.7. The lowest BCUT2D eigenvalue weighted by atomic mass is 10.3. The van der Waals surface area contributed by atoms with Crippen LogP contribution in [0, 0.1) is 0 Å². The van der Waals surface area contributed by atoms with Crippen LogP contribution in [0.3, 0.4) is 0 Å². The normalized spacial score (nSPS) is 12.8. The van der Waals surface area contributed by atoms with Crippen molar-refractivity contribution in [2.75, 3.05) is 0 Å². The van der Waals surface area contributed by atoms with Gasteiger partial charge in [0.05, 0.1) is 15.7 Å². The molecule has 0 aliphatic rings. The Morgan fingerprint density at radius 2 is 0.917 bits per heavy atom. The maximum absolute atomic E-state index is 9.62. The van der Waals surface area contributed by atoms with Crippen LogP contribution in [-0.2, 0) is 14.4 Å². The lowest BCUT2D eigenvalue weighted by Gasteiger charge is -1.94. The zero-order chi connectivity index (χ0) is 20.5. The average molecular weight is 409 g/mol. The molecule has 0 aliphatic heterocycles. The number of carbonyl (C=O) groups is 3. The summed E-state index contributed by atoms with van der Waals surface area (Å²) in [5.41, 5.74) is 0. The first-order chi connectivity index (χ1) is 10.7. The monoisotopic (exact) mass is 408 g/mol. The second-order valence-electron chi connectivity index (χ2n) is 4.31. The van der Waals surface area contributed by atoms with Crippen molar-refractivity contribution in [3.05, 3.63) is 0 Å². The van der Waals surface area contributed by atoms with E-state index >= 15 is 0 Å². The van der Waals surface area contributed by atoms with Crippen LogP contribution < -0.4 is 0 Å². The van der Waals surface area contributed by atoms with E-state index in [4.69, 9.17) is 25.5 Å². The van der Waals surface area contributed by atoms with Crippen molar-refractivity contribution in [3.8, 4) is 0 Å². The smallest absolute Gasteiger partial charge is 0.316 e. The highest BCUT2D eigenvalue weighted by atomic mass is 32.1. The van der Waals surface area contributed by atoms with E-state index in [0.29, 0.717) is 6.42 Å². The van der Waals surface area contributed by atoms with E-state index in [-0.39, 0.29) is 0 Å². The van der Waals surface area contributed by atoms with Gasteiger partial charge in [-0.05, 0) is 27.2 Å². The number of aliphatic carboxylic acids is 3. The summed E-state index contributed by atoms with van der Waals surface area (Å²) in [5.74, 6) is -2.63. The Balaban J connectivity index is -0.000000111. The average Bonchev–Trinajstić information content (AvgIpc) is 2.40. The third kappa shape index (κ3) is 42.9. The summed E-state index contributed by atoms with van der Waals surface area (Å²) in [6, 6.07) is 0. The molecule has 24 heavy (non-hydrogen) atoms. The maximum Gasteiger partial charge on any atom is 0.316 e. The SMILES string of the molecule is CC(S)C(=O)O.CC(S)C(=O)O.CC(S)C(=O)O.CCCC(O)O. The van der Waals surface area contributed by atoms with E-state index in [1.54, 1.807) is 0 Å². The molecule has 0 aromatic heterocycles. The summed E-state index contributed by atoms with van der Waals surface area (Å²) >= 11 is 10.8. The number of hydrogen-bond donors (Lipinski definition) is 8. The van der Waals surface area contributed by atoms with Crippen LogP contribution in [0.2, 0.25) is 0 Å². The minimum absolute atomic E-state index is 0.486. The number of aliphatic hydroxyl groups is 2. The van der Waals surface area contributed by atoms with Crippen LogP contribution in [-0.4, -0.2) is 65.5 Å². The van der Waals surface area contributed by atoms with Gasteiger partial charge in [0, 0.05) is 0 Å². The minimum atomic E-state index is -1.10. The van der Waals surface area contributed by atoms with Gasteiger partial charge < -0.3 is 25.5 Å². The van der Waals surface area contributed by atoms with Gasteiger partial charge in [0.25, 0.3) is 0 Å². The molecular formula is C13H28O8S3. The van der Waals surface area contributed by atoms with E-state index in [0.717, 1.165) is 6.42 Å². The summed E-state index contributed by atoms with van der Waals surface area (Å²) < 4.78 is 0. The second-order valence-corrected chi connectivity index (χ2v) is 6.64. The molecule has 0 rings (SSSR count). The van der Waals surface area contributed by atoms with Crippen LogP contribution in [0.1, 0.15) is 40.5 Å². The number of aliphatic hydroxyl groups excluding tert-OH is 1. The lowest BCUT2D eigenvalue weighted by Crippen LogP contribution is -2.06. The van der Waals surface area contributed by atoms with Crippen molar-refractivity contribution < 1.29 is 39.9 Å². The van der Waals surface area contributed by atoms with Gasteiger partial charge >= 0.3 is 17.9 Å². The van der Waals surface area contributed by atoms with E-state index < -0.39 is 39.9 Å². The highest BCUT2D eigenvalue weighted by Crippen LogP contribution is 1.89. The molecule has 0 aromatic carbocycles. The number of carboxylic acid groups (broad SMARTS) is 3. The second kappa shape index (κ2) is 20.4. The Morgan fingerprint density at radius 3 is 0.917 bits per heavy atom. The largest absolute Gasteiger partial charge is 0.480 e. The number of hydrogen-bond acceptors (Lipinski definition) is 8. The van der Waals surface area contributed by atoms with Gasteiger partial charge in [-0.3, -0.25) is 14.4 Å². The molecule has 0 fully saturated rings. The van der Waals surface area contributed by atoms with E-state index in [1.165, 1.54) is 20.8 Å². The standard InChI is InChI=1S/C4H10O2.3C3H6O2S/c1-2-3-4(5)6;3*1-2(6)3(4)5/h4-6H,2-3H2,1H3;3*2,6H,1H3,(H,4,5). The Labute approximate surface area is 158 Å². The third-order valence-electron chi connectivity index (χ3n) is 1.62. The molecular weight excluding hydrogens is 380 g/mol. The molecule has 0 bridgehead atoms. The first kappa shape index (κ1) is 31.2. The highest BCUT2D eigenvalue weighted by molar-refractivity contribution is 7.82. The summed E-state index contributed by atoms with van der Waals surface area (Å²) in [4.78, 5) is 28.9. The molecule has 0 aromatic rings. The molecule has 5 N–H and O–H groups in total. The van der Waals surface area contributed by atoms with Crippen molar-refractivity contribution in [2.45, 2.75) is 62.6 Å². The van der Waals surface area contributed by atoms with Crippen molar-refractivity contribution >= 4 is 55.8 Å². The van der Waals surface area contributed by atoms with Crippen LogP contribution in [0.25, 0.3) is 0 Å². The molecule has 0 amide bonds. The van der Waals surface area contributed by atoms with Gasteiger partial charge in [-0.25, -0.2) is 0 Å². The molecule has 3 unspecified atom stereocenters. The molecule has 11 heteroatoms. The molecule has 0 saturated carbocycles. The van der Waals surface area contributed by atoms with Gasteiger partial charge in [0.2, 0.25) is 0 Å². The molecule has 0 spiro atoms. The summed E-state index contributed by atoms with van der Waals surface area (Å²) in [6.07, 6.45) is 0.215. The van der Waals surface area contributed by atoms with E-state index in [2.05, 4.69) is 37.9 Å². The predicted octanol–water partition coefficient (Wildman–Crippen LogP) is 1.27. The summed E-state index contributed by atoms with van der Waals surface area (Å²) in [7, 11) is 0. The highest BCUT2D eigenvalue weighted by Gasteiger charge is 2.01. The fourth-order valence-electron chi connectivity index (χ4n) is 0.258. The Bertz CT molecular complexity index is 290. The van der Waals surface area contributed by atoms with Crippen LogP contribution in [0.5, 0.6) is 0 Å². The van der Waals surface area contributed by atoms with Crippen molar-refractivity contribution in [2.24, 2.45) is 0 Å². The number of rotatable bonds is 5. The fourth-order valence-corrected chi connectivity index (χ4v) is 0.258. The van der Waals surface area contributed by atoms with Gasteiger partial charge in [-0.1, -0.05) is 13.3 Å². The molecule has 0 saturated heterocycles. The molecule has 0 aliphatic carbocycles. The van der Waals surface area contributed by atoms with Crippen molar-refractivity contribution in [1.29, 1.82) is 0 Å². The maximum atomic E-state index is 9.62. The minimum Gasteiger partial charge on any atom is -0.480 e. The zero-order valence-electron chi connectivity index (χ0n) is 14.0. The first-order valence-corrected chi connectivity index (χ1v) is 8.34.